The molecule has 452 valence electrons. The summed E-state index contributed by atoms with van der Waals surface area (Å²) in [5.41, 5.74) is 5.91. The summed E-state index contributed by atoms with van der Waals surface area (Å²) in [6.45, 7) is 18.5. The Bertz CT molecular complexity index is 2100. The van der Waals surface area contributed by atoms with Crippen molar-refractivity contribution in [3.63, 3.8) is 0 Å². The molecule has 6 heteroatoms. The van der Waals surface area contributed by atoms with Crippen LogP contribution in [-0.2, 0) is 25.7 Å². The van der Waals surface area contributed by atoms with Gasteiger partial charge in [0.25, 0.3) is 0 Å². The molecule has 0 fully saturated rings. The van der Waals surface area contributed by atoms with Gasteiger partial charge in [-0.3, -0.25) is 9.59 Å². The second kappa shape index (κ2) is 41.2. The molecule has 5 rings (SSSR count). The highest BCUT2D eigenvalue weighted by atomic mass is 32.1. The minimum Gasteiger partial charge on any atom is -0.288 e. The molecule has 0 spiro atoms. The van der Waals surface area contributed by atoms with E-state index in [1.54, 1.807) is 11.3 Å². The van der Waals surface area contributed by atoms with Gasteiger partial charge in [0.1, 0.15) is 0 Å². The van der Waals surface area contributed by atoms with Crippen LogP contribution < -0.4 is 0 Å². The van der Waals surface area contributed by atoms with Crippen molar-refractivity contribution < 1.29 is 9.59 Å². The lowest BCUT2D eigenvalue weighted by atomic mass is 9.81. The Labute approximate surface area is 510 Å². The summed E-state index contributed by atoms with van der Waals surface area (Å²) in [6.07, 6.45) is 56.9. The third kappa shape index (κ3) is 23.2. The lowest BCUT2D eigenvalue weighted by Crippen LogP contribution is -2.22. The van der Waals surface area contributed by atoms with Crippen molar-refractivity contribution in [2.24, 2.45) is 23.7 Å². The van der Waals surface area contributed by atoms with Gasteiger partial charge in [-0.05, 0) is 83.4 Å². The number of hydrogen-bond acceptors (Lipinski definition) is 6. The van der Waals surface area contributed by atoms with E-state index in [1.165, 1.54) is 275 Å². The molecule has 4 unspecified atom stereocenters. The van der Waals surface area contributed by atoms with Gasteiger partial charge in [-0.1, -0.05) is 312 Å². The van der Waals surface area contributed by atoms with Crippen molar-refractivity contribution in [1.82, 2.24) is 0 Å². The predicted octanol–water partition coefficient (Wildman–Crippen LogP) is 26.4. The zero-order valence-corrected chi connectivity index (χ0v) is 56.4. The molecular weight excluding hydrogens is 1050 g/mol. The smallest absolute Gasteiger partial charge is 0.197 e. The van der Waals surface area contributed by atoms with Gasteiger partial charge in [0.05, 0.1) is 20.9 Å². The molecule has 0 aromatic carbocycles. The second-order valence-corrected chi connectivity index (χ2v) is 29.6. The van der Waals surface area contributed by atoms with Gasteiger partial charge in [0, 0.05) is 30.6 Å². The maximum absolute atomic E-state index is 16.0. The Morgan fingerprint density at radius 2 is 0.600 bits per heavy atom. The van der Waals surface area contributed by atoms with E-state index in [-0.39, 0.29) is 11.6 Å². The van der Waals surface area contributed by atoms with Gasteiger partial charge < -0.3 is 0 Å². The number of ketones is 2. The summed E-state index contributed by atoms with van der Waals surface area (Å²) < 4.78 is 0. The predicted molar refractivity (Wildman–Crippen MR) is 361 cm³/mol. The van der Waals surface area contributed by atoms with Crippen LogP contribution >= 0.6 is 45.3 Å². The first-order chi connectivity index (χ1) is 39.2. The average molecular weight is 1170 g/mol. The van der Waals surface area contributed by atoms with Crippen LogP contribution in [0, 0.1) is 23.7 Å². The lowest BCUT2D eigenvalue weighted by molar-refractivity contribution is 0.0980. The molecule has 0 radical (unpaired) electrons. The summed E-state index contributed by atoms with van der Waals surface area (Å²) in [5.74, 6) is 2.72. The number of carbonyl (C=O) groups excluding carboxylic acids is 2. The molecule has 0 saturated carbocycles. The monoisotopic (exact) mass is 1170 g/mol. The zero-order valence-electron chi connectivity index (χ0n) is 53.2. The summed E-state index contributed by atoms with van der Waals surface area (Å²) in [5, 5.41) is 4.86. The molecule has 80 heavy (non-hydrogen) atoms. The van der Waals surface area contributed by atoms with E-state index in [4.69, 9.17) is 0 Å². The summed E-state index contributed by atoms with van der Waals surface area (Å²) >= 11 is 7.31. The molecule has 4 heterocycles. The molecule has 0 saturated heterocycles. The topological polar surface area (TPSA) is 34.1 Å². The first-order valence-electron chi connectivity index (χ1n) is 34.8. The Morgan fingerprint density at radius 1 is 0.312 bits per heavy atom. The first-order valence-corrected chi connectivity index (χ1v) is 38.2. The largest absolute Gasteiger partial charge is 0.288 e. The molecular formula is C74H120O2S4. The van der Waals surface area contributed by atoms with E-state index in [2.05, 4.69) is 78.3 Å². The number of unbranched alkanes of at least 4 members (excludes halogenated alkanes) is 26. The standard InChI is InChI=1S/C74H120O2S4/c1-9-17-23-27-31-33-37-41-47-59(45-39-35-29-25-19-11-3)49-61-53-65(77-55-61)73-69-70(72(76)68-64(52-58(16-8)44-22-14-6)79-63(67(68)71(69)75)51-57(15-7)43-21-13-5)74(80-73)66-54-62(56-78-66)50-60(46-40-36-30-26-20-12-4)48-42-38-34-32-28-24-18-10-2/h53-60H,9-52H2,1-8H3. The molecule has 0 aliphatic heterocycles. The van der Waals surface area contributed by atoms with Gasteiger partial charge in [-0.25, -0.2) is 0 Å². The fraction of sp³-hybridized carbons (Fsp3) is 0.757. The molecule has 4 aromatic rings. The fourth-order valence-corrected chi connectivity index (χ4v) is 18.2. The van der Waals surface area contributed by atoms with Crippen LogP contribution in [0.5, 0.6) is 0 Å². The number of rotatable bonds is 50. The number of thiophene rings is 4. The quantitative estimate of drug-likeness (QED) is 0.0364. The van der Waals surface area contributed by atoms with E-state index in [0.29, 0.717) is 23.7 Å². The molecule has 4 aromatic heterocycles. The van der Waals surface area contributed by atoms with Crippen LogP contribution in [0.4, 0.5) is 0 Å². The molecule has 2 nitrogen and oxygen atoms in total. The van der Waals surface area contributed by atoms with Crippen molar-refractivity contribution in [1.29, 1.82) is 0 Å². The van der Waals surface area contributed by atoms with Crippen molar-refractivity contribution in [2.75, 3.05) is 0 Å². The minimum atomic E-state index is 0.142. The van der Waals surface area contributed by atoms with Gasteiger partial charge in [-0.15, -0.1) is 45.3 Å². The Kier molecular flexibility index (Phi) is 35.5. The van der Waals surface area contributed by atoms with Gasteiger partial charge in [0.2, 0.25) is 0 Å². The minimum absolute atomic E-state index is 0.142. The number of fused-ring (bicyclic) bond motifs is 2. The van der Waals surface area contributed by atoms with Crippen LogP contribution in [0.25, 0.3) is 19.5 Å². The van der Waals surface area contributed by atoms with E-state index < -0.39 is 0 Å². The molecule has 1 aliphatic carbocycles. The Balaban J connectivity index is 1.52. The van der Waals surface area contributed by atoms with E-state index in [9.17, 15) is 0 Å². The zero-order chi connectivity index (χ0) is 57.2. The van der Waals surface area contributed by atoms with Crippen molar-refractivity contribution in [3.05, 3.63) is 66.0 Å². The Hall–Kier alpha value is -1.86. The van der Waals surface area contributed by atoms with Gasteiger partial charge >= 0.3 is 0 Å². The van der Waals surface area contributed by atoms with E-state index in [0.717, 1.165) is 70.5 Å². The highest BCUT2D eigenvalue weighted by molar-refractivity contribution is 7.26. The molecule has 0 amide bonds. The summed E-state index contributed by atoms with van der Waals surface area (Å²) in [7, 11) is 0. The molecule has 1 aliphatic rings. The molecule has 0 N–H and O–H groups in total. The van der Waals surface area contributed by atoms with E-state index >= 15 is 9.59 Å². The number of carbonyl (C=O) groups is 2. The highest BCUT2D eigenvalue weighted by Crippen LogP contribution is 2.52. The highest BCUT2D eigenvalue weighted by Gasteiger charge is 2.42. The number of hydrogen-bond donors (Lipinski definition) is 0. The fourth-order valence-electron chi connectivity index (χ4n) is 13.3. The summed E-state index contributed by atoms with van der Waals surface area (Å²) in [6, 6.07) is 4.93. The van der Waals surface area contributed by atoms with Crippen LogP contribution in [0.1, 0.15) is 365 Å². The normalized spacial score (nSPS) is 14.1. The second-order valence-electron chi connectivity index (χ2n) is 25.5. The lowest BCUT2D eigenvalue weighted by Gasteiger charge is -2.19. The third-order valence-electron chi connectivity index (χ3n) is 18.6. The Morgan fingerprint density at radius 3 is 0.900 bits per heavy atom. The summed E-state index contributed by atoms with van der Waals surface area (Å²) in [4.78, 5) is 38.9. The first kappa shape index (κ1) is 68.9. The maximum Gasteiger partial charge on any atom is 0.197 e. The average Bonchev–Trinajstić information content (AvgIpc) is 4.34. The molecule has 0 bridgehead atoms. The van der Waals surface area contributed by atoms with Crippen LogP contribution in [-0.4, -0.2) is 11.6 Å². The SMILES string of the molecule is CCCCCCCCCCC(CCCCCCCC)Cc1csc(-c2sc(-c3cc(CC(CCCCCCCC)CCCCCCCCCC)cs3)c3c2C(=O)c2c(CC(CC)CCCC)sc(CC(CC)CCCC)c2C3=O)c1. The van der Waals surface area contributed by atoms with Crippen molar-refractivity contribution >= 4 is 56.9 Å². The van der Waals surface area contributed by atoms with Crippen molar-refractivity contribution in [3.8, 4) is 19.5 Å². The maximum atomic E-state index is 16.0. The van der Waals surface area contributed by atoms with Crippen molar-refractivity contribution in [2.45, 2.75) is 338 Å². The van der Waals surface area contributed by atoms with Gasteiger partial charge in [0.15, 0.2) is 11.6 Å². The van der Waals surface area contributed by atoms with Crippen LogP contribution in [0.2, 0.25) is 0 Å². The molecule has 4 atom stereocenters. The third-order valence-corrected chi connectivity index (χ3v) is 23.3. The van der Waals surface area contributed by atoms with Gasteiger partial charge in [-0.2, -0.15) is 0 Å². The van der Waals surface area contributed by atoms with Crippen LogP contribution in [0.3, 0.4) is 0 Å². The van der Waals surface area contributed by atoms with Crippen LogP contribution in [0.15, 0.2) is 22.9 Å². The van der Waals surface area contributed by atoms with E-state index in [1.807, 2.05) is 34.0 Å².